The summed E-state index contributed by atoms with van der Waals surface area (Å²) in [6.45, 7) is 4.20. The second kappa shape index (κ2) is 10.0. The highest BCUT2D eigenvalue weighted by molar-refractivity contribution is 5.69. The van der Waals surface area contributed by atoms with Crippen LogP contribution in [0.3, 0.4) is 0 Å². The molecule has 0 bridgehead atoms. The van der Waals surface area contributed by atoms with Gasteiger partial charge in [0, 0.05) is 12.0 Å². The van der Waals surface area contributed by atoms with Crippen LogP contribution >= 0.6 is 0 Å². The molecular formula is C18H26O4. The largest absolute Gasteiger partial charge is 0.508 e. The average molecular weight is 306 g/mol. The van der Waals surface area contributed by atoms with Crippen LogP contribution in [0.4, 0.5) is 0 Å². The lowest BCUT2D eigenvalue weighted by Gasteiger charge is -2.07. The quantitative estimate of drug-likeness (QED) is 0.415. The van der Waals surface area contributed by atoms with Gasteiger partial charge in [-0.1, -0.05) is 32.1 Å². The van der Waals surface area contributed by atoms with Gasteiger partial charge in [0.15, 0.2) is 0 Å². The summed E-state index contributed by atoms with van der Waals surface area (Å²) in [4.78, 5) is 11.6. The number of rotatable bonds is 9. The number of allylic oxidation sites excluding steroid dienone is 2. The first-order chi connectivity index (χ1) is 10.5. The highest BCUT2D eigenvalue weighted by atomic mass is 16.5. The topological polar surface area (TPSA) is 66.8 Å². The fourth-order valence-electron chi connectivity index (χ4n) is 1.99. The Morgan fingerprint density at radius 2 is 2.09 bits per heavy atom. The number of benzene rings is 1. The van der Waals surface area contributed by atoms with Gasteiger partial charge >= 0.3 is 5.97 Å². The third-order valence-corrected chi connectivity index (χ3v) is 3.24. The van der Waals surface area contributed by atoms with Crippen LogP contribution < -0.4 is 0 Å². The molecule has 0 radical (unpaired) electrons. The van der Waals surface area contributed by atoms with Crippen LogP contribution in [0.25, 0.3) is 0 Å². The van der Waals surface area contributed by atoms with Gasteiger partial charge in [-0.2, -0.15) is 0 Å². The van der Waals surface area contributed by atoms with E-state index in [4.69, 9.17) is 9.84 Å². The number of phenols is 1. The monoisotopic (exact) mass is 306 g/mol. The molecule has 0 unspecified atom stereocenters. The summed E-state index contributed by atoms with van der Waals surface area (Å²) < 4.78 is 5.19. The molecule has 0 saturated carbocycles. The van der Waals surface area contributed by atoms with Gasteiger partial charge in [0.2, 0.25) is 0 Å². The fourth-order valence-corrected chi connectivity index (χ4v) is 1.99. The highest BCUT2D eigenvalue weighted by Gasteiger charge is 2.05. The minimum atomic E-state index is -0.239. The van der Waals surface area contributed by atoms with Crippen LogP contribution in [0.1, 0.15) is 50.7 Å². The van der Waals surface area contributed by atoms with Gasteiger partial charge in [0.1, 0.15) is 12.4 Å². The van der Waals surface area contributed by atoms with Crippen molar-refractivity contribution in [1.29, 1.82) is 0 Å². The Morgan fingerprint density at radius 3 is 2.77 bits per heavy atom. The number of aliphatic hydroxyl groups is 1. The zero-order chi connectivity index (χ0) is 16.4. The van der Waals surface area contributed by atoms with E-state index in [0.717, 1.165) is 24.8 Å². The number of aromatic hydroxyl groups is 1. The first-order valence-corrected chi connectivity index (χ1v) is 7.77. The number of carbonyl (C=O) groups is 1. The van der Waals surface area contributed by atoms with Gasteiger partial charge < -0.3 is 14.9 Å². The van der Waals surface area contributed by atoms with Crippen LogP contribution in [-0.4, -0.2) is 16.2 Å². The molecule has 0 aliphatic rings. The van der Waals surface area contributed by atoms with Gasteiger partial charge in [0.25, 0.3) is 0 Å². The van der Waals surface area contributed by atoms with Crippen molar-refractivity contribution in [3.8, 4) is 5.75 Å². The molecular weight excluding hydrogens is 280 g/mol. The zero-order valence-electron chi connectivity index (χ0n) is 13.4. The maximum atomic E-state index is 11.6. The molecule has 0 heterocycles. The molecule has 1 rings (SSSR count). The Kier molecular flexibility index (Phi) is 8.30. The van der Waals surface area contributed by atoms with Gasteiger partial charge in [-0.15, -0.1) is 0 Å². The lowest BCUT2D eigenvalue weighted by Crippen LogP contribution is -2.04. The summed E-state index contributed by atoms with van der Waals surface area (Å²) in [5.41, 5.74) is 1.19. The summed E-state index contributed by atoms with van der Waals surface area (Å²) in [6, 6.07) is 4.81. The Morgan fingerprint density at radius 1 is 1.32 bits per heavy atom. The van der Waals surface area contributed by atoms with Crippen molar-refractivity contribution < 1.29 is 19.7 Å². The molecule has 0 saturated heterocycles. The van der Waals surface area contributed by atoms with Crippen molar-refractivity contribution in [2.24, 2.45) is 5.92 Å². The minimum absolute atomic E-state index is 0.0482. The number of hydrogen-bond donors (Lipinski definition) is 2. The first-order valence-electron chi connectivity index (χ1n) is 7.77. The predicted molar refractivity (Wildman–Crippen MR) is 86.3 cm³/mol. The maximum Gasteiger partial charge on any atom is 0.306 e. The molecule has 22 heavy (non-hydrogen) atoms. The lowest BCUT2D eigenvalue weighted by atomic mass is 10.1. The van der Waals surface area contributed by atoms with E-state index in [0.29, 0.717) is 17.9 Å². The van der Waals surface area contributed by atoms with Gasteiger partial charge in [-0.25, -0.2) is 0 Å². The summed E-state index contributed by atoms with van der Waals surface area (Å²) in [6.07, 6.45) is 7.53. The van der Waals surface area contributed by atoms with E-state index < -0.39 is 0 Å². The van der Waals surface area contributed by atoms with E-state index in [2.05, 4.69) is 26.0 Å². The molecule has 4 heteroatoms. The molecule has 0 fully saturated rings. The summed E-state index contributed by atoms with van der Waals surface area (Å²) >= 11 is 0. The summed E-state index contributed by atoms with van der Waals surface area (Å²) in [7, 11) is 0. The molecule has 4 nitrogen and oxygen atoms in total. The van der Waals surface area contributed by atoms with Crippen molar-refractivity contribution >= 4 is 5.97 Å². The van der Waals surface area contributed by atoms with Crippen molar-refractivity contribution in [3.63, 3.8) is 0 Å². The second-order valence-electron chi connectivity index (χ2n) is 5.70. The molecule has 122 valence electrons. The van der Waals surface area contributed by atoms with E-state index in [-0.39, 0.29) is 24.9 Å². The zero-order valence-corrected chi connectivity index (χ0v) is 13.4. The number of esters is 1. The number of ether oxygens (including phenoxy) is 1. The van der Waals surface area contributed by atoms with E-state index in [1.165, 1.54) is 6.07 Å². The first kappa shape index (κ1) is 18.2. The van der Waals surface area contributed by atoms with Crippen molar-refractivity contribution in [2.75, 3.05) is 0 Å². The lowest BCUT2D eigenvalue weighted by molar-refractivity contribution is -0.145. The molecule has 0 atom stereocenters. The van der Waals surface area contributed by atoms with E-state index in [9.17, 15) is 9.90 Å². The SMILES string of the molecule is CC(C)C=CCCCCC(=O)OCc1ccc(O)c(CO)c1. The summed E-state index contributed by atoms with van der Waals surface area (Å²) in [5.74, 6) is 0.401. The van der Waals surface area contributed by atoms with Crippen LogP contribution in [0.5, 0.6) is 5.75 Å². The molecule has 0 aliphatic carbocycles. The Hall–Kier alpha value is -1.81. The van der Waals surface area contributed by atoms with Crippen molar-refractivity contribution in [1.82, 2.24) is 0 Å². The molecule has 1 aromatic rings. The standard InChI is InChI=1S/C18H26O4/c1-14(2)7-5-3-4-6-8-18(21)22-13-15-9-10-17(20)16(11-15)12-19/h5,7,9-11,14,19-20H,3-4,6,8,12-13H2,1-2H3. The maximum absolute atomic E-state index is 11.6. The Bertz CT molecular complexity index is 492. The normalized spacial score (nSPS) is 11.3. The van der Waals surface area contributed by atoms with E-state index in [1.54, 1.807) is 12.1 Å². The smallest absolute Gasteiger partial charge is 0.306 e. The second-order valence-corrected chi connectivity index (χ2v) is 5.70. The van der Waals surface area contributed by atoms with Gasteiger partial charge in [-0.3, -0.25) is 4.79 Å². The molecule has 0 amide bonds. The van der Waals surface area contributed by atoms with Gasteiger partial charge in [0.05, 0.1) is 6.61 Å². The number of aliphatic hydroxyl groups excluding tert-OH is 1. The van der Waals surface area contributed by atoms with Gasteiger partial charge in [-0.05, 0) is 42.9 Å². The highest BCUT2D eigenvalue weighted by Crippen LogP contribution is 2.19. The molecule has 0 spiro atoms. The minimum Gasteiger partial charge on any atom is -0.508 e. The molecule has 0 aliphatic heterocycles. The van der Waals surface area contributed by atoms with Crippen LogP contribution in [-0.2, 0) is 22.7 Å². The van der Waals surface area contributed by atoms with E-state index >= 15 is 0 Å². The van der Waals surface area contributed by atoms with Crippen molar-refractivity contribution in [3.05, 3.63) is 41.5 Å². The number of carbonyl (C=O) groups excluding carboxylic acids is 1. The average Bonchev–Trinajstić information content (AvgIpc) is 2.49. The third kappa shape index (κ3) is 7.27. The fraction of sp³-hybridized carbons (Fsp3) is 0.500. The third-order valence-electron chi connectivity index (χ3n) is 3.24. The Labute approximate surface area is 132 Å². The van der Waals surface area contributed by atoms with E-state index in [1.807, 2.05) is 0 Å². The molecule has 0 aromatic heterocycles. The Balaban J connectivity index is 2.23. The van der Waals surface area contributed by atoms with Crippen LogP contribution in [0, 0.1) is 5.92 Å². The van der Waals surface area contributed by atoms with Crippen LogP contribution in [0.15, 0.2) is 30.4 Å². The molecule has 1 aromatic carbocycles. The predicted octanol–water partition coefficient (Wildman–Crippen LogP) is 3.70. The number of hydrogen-bond acceptors (Lipinski definition) is 4. The van der Waals surface area contributed by atoms with Crippen LogP contribution in [0.2, 0.25) is 0 Å². The number of unbranched alkanes of at least 4 members (excludes halogenated alkanes) is 2. The van der Waals surface area contributed by atoms with Crippen molar-refractivity contribution in [2.45, 2.75) is 52.7 Å². The molecule has 2 N–H and O–H groups in total. The summed E-state index contributed by atoms with van der Waals surface area (Å²) in [5, 5.41) is 18.5.